The summed E-state index contributed by atoms with van der Waals surface area (Å²) in [6.45, 7) is -0.225. The van der Waals surface area contributed by atoms with Crippen molar-refractivity contribution < 1.29 is 18.7 Å². The third kappa shape index (κ3) is 3.94. The normalized spacial score (nSPS) is 12.5. The Labute approximate surface area is 178 Å². The fourth-order valence-corrected chi connectivity index (χ4v) is 4.00. The number of aryl methyl sites for hydroxylation is 1. The third-order valence-corrected chi connectivity index (χ3v) is 5.49. The first-order valence-electron chi connectivity index (χ1n) is 10.2. The van der Waals surface area contributed by atoms with Crippen LogP contribution in [0.4, 0.5) is 0 Å². The quantitative estimate of drug-likeness (QED) is 0.264. The molecule has 3 aromatic carbocycles. The van der Waals surface area contributed by atoms with Gasteiger partial charge in [-0.3, -0.25) is 0 Å². The molecule has 1 aromatic heterocycles. The summed E-state index contributed by atoms with van der Waals surface area (Å²) in [5.41, 5.74) is 4.14. The summed E-state index contributed by atoms with van der Waals surface area (Å²) in [6.07, 6.45) is 2.58. The molecule has 154 valence electrons. The zero-order valence-electron chi connectivity index (χ0n) is 16.8. The summed E-state index contributed by atoms with van der Waals surface area (Å²) in [5, 5.41) is 0.904. The SMILES string of the molecule is O=C(COc1ccc(-c2ccccc2)cc1)Oc1ccc2c3c(c(=O)oc2c1)CCC3. The van der Waals surface area contributed by atoms with Crippen LogP contribution in [-0.4, -0.2) is 12.6 Å². The van der Waals surface area contributed by atoms with Crippen LogP contribution in [0.15, 0.2) is 82.0 Å². The molecule has 1 aliphatic rings. The topological polar surface area (TPSA) is 65.7 Å². The Morgan fingerprint density at radius 1 is 0.839 bits per heavy atom. The molecule has 5 heteroatoms. The van der Waals surface area contributed by atoms with E-state index in [1.807, 2.05) is 60.7 Å². The predicted octanol–water partition coefficient (Wildman–Crippen LogP) is 4.93. The van der Waals surface area contributed by atoms with Gasteiger partial charge < -0.3 is 13.9 Å². The van der Waals surface area contributed by atoms with Crippen molar-refractivity contribution in [1.29, 1.82) is 0 Å². The molecule has 0 saturated carbocycles. The van der Waals surface area contributed by atoms with Crippen LogP contribution in [-0.2, 0) is 17.6 Å². The first-order chi connectivity index (χ1) is 15.2. The standard InChI is InChI=1S/C26H20O5/c27-25(16-29-19-11-9-18(10-12-19)17-5-2-1-3-6-17)30-20-13-14-22-21-7-4-8-23(21)26(28)31-24(22)15-20/h1-3,5-6,9-15H,4,7-8,16H2. The number of hydrogen-bond donors (Lipinski definition) is 0. The van der Waals surface area contributed by atoms with Gasteiger partial charge in [0.05, 0.1) is 0 Å². The molecule has 0 radical (unpaired) electrons. The highest BCUT2D eigenvalue weighted by molar-refractivity contribution is 5.84. The van der Waals surface area contributed by atoms with Gasteiger partial charge in [-0.1, -0.05) is 42.5 Å². The van der Waals surface area contributed by atoms with Gasteiger partial charge in [0, 0.05) is 17.0 Å². The molecule has 0 aliphatic heterocycles. The summed E-state index contributed by atoms with van der Waals surface area (Å²) >= 11 is 0. The molecule has 0 atom stereocenters. The van der Waals surface area contributed by atoms with Gasteiger partial charge in [0.2, 0.25) is 0 Å². The first kappa shape index (κ1) is 19.1. The largest absolute Gasteiger partial charge is 0.482 e. The summed E-state index contributed by atoms with van der Waals surface area (Å²) < 4.78 is 16.3. The zero-order chi connectivity index (χ0) is 21.2. The maximum absolute atomic E-state index is 12.2. The fourth-order valence-electron chi connectivity index (χ4n) is 4.00. The molecule has 0 unspecified atom stereocenters. The number of benzene rings is 3. The fraction of sp³-hybridized carbons (Fsp3) is 0.154. The van der Waals surface area contributed by atoms with E-state index in [0.717, 1.165) is 46.9 Å². The second-order valence-electron chi connectivity index (χ2n) is 7.51. The van der Waals surface area contributed by atoms with Crippen LogP contribution in [0.1, 0.15) is 17.5 Å². The van der Waals surface area contributed by atoms with Crippen molar-refractivity contribution in [3.8, 4) is 22.6 Å². The Kier molecular flexibility index (Phi) is 5.00. The van der Waals surface area contributed by atoms with E-state index in [2.05, 4.69) is 0 Å². The number of carbonyl (C=O) groups excluding carboxylic acids is 1. The summed E-state index contributed by atoms with van der Waals surface area (Å²) in [7, 11) is 0. The maximum Gasteiger partial charge on any atom is 0.349 e. The highest BCUT2D eigenvalue weighted by Gasteiger charge is 2.20. The molecule has 0 saturated heterocycles. The van der Waals surface area contributed by atoms with Crippen molar-refractivity contribution >= 4 is 16.9 Å². The predicted molar refractivity (Wildman–Crippen MR) is 118 cm³/mol. The average molecular weight is 412 g/mol. The minimum atomic E-state index is -0.532. The molecule has 5 nitrogen and oxygen atoms in total. The second-order valence-corrected chi connectivity index (χ2v) is 7.51. The molecule has 1 aliphatic carbocycles. The summed E-state index contributed by atoms with van der Waals surface area (Å²) in [5.74, 6) is 0.369. The van der Waals surface area contributed by atoms with Crippen LogP contribution < -0.4 is 15.1 Å². The molecule has 5 rings (SSSR count). The molecule has 0 N–H and O–H groups in total. The van der Waals surface area contributed by atoms with Gasteiger partial charge in [0.1, 0.15) is 17.1 Å². The average Bonchev–Trinajstić information content (AvgIpc) is 3.30. The Morgan fingerprint density at radius 3 is 2.35 bits per heavy atom. The van der Waals surface area contributed by atoms with Crippen LogP contribution >= 0.6 is 0 Å². The Hall–Kier alpha value is -3.86. The minimum Gasteiger partial charge on any atom is -0.482 e. The van der Waals surface area contributed by atoms with Crippen LogP contribution in [0, 0.1) is 0 Å². The molecular formula is C26H20O5. The molecular weight excluding hydrogens is 392 g/mol. The molecule has 0 bridgehead atoms. The van der Waals surface area contributed by atoms with E-state index in [1.54, 1.807) is 12.1 Å². The monoisotopic (exact) mass is 412 g/mol. The molecule has 0 amide bonds. The van der Waals surface area contributed by atoms with E-state index in [0.29, 0.717) is 17.1 Å². The van der Waals surface area contributed by atoms with Gasteiger partial charge in [0.15, 0.2) is 6.61 Å². The van der Waals surface area contributed by atoms with E-state index in [-0.39, 0.29) is 12.2 Å². The van der Waals surface area contributed by atoms with Crippen LogP contribution in [0.25, 0.3) is 22.1 Å². The number of hydrogen-bond acceptors (Lipinski definition) is 5. The minimum absolute atomic E-state index is 0.225. The number of esters is 1. The molecule has 1 heterocycles. The van der Waals surface area contributed by atoms with E-state index in [9.17, 15) is 9.59 Å². The van der Waals surface area contributed by atoms with Gasteiger partial charge in [-0.05, 0) is 60.2 Å². The van der Waals surface area contributed by atoms with Crippen LogP contribution in [0.5, 0.6) is 11.5 Å². The smallest absolute Gasteiger partial charge is 0.349 e. The highest BCUT2D eigenvalue weighted by Crippen LogP contribution is 2.29. The van der Waals surface area contributed by atoms with E-state index >= 15 is 0 Å². The lowest BCUT2D eigenvalue weighted by atomic mass is 10.1. The lowest BCUT2D eigenvalue weighted by Gasteiger charge is -2.09. The zero-order valence-corrected chi connectivity index (χ0v) is 16.8. The van der Waals surface area contributed by atoms with Gasteiger partial charge in [-0.2, -0.15) is 0 Å². The first-order valence-corrected chi connectivity index (χ1v) is 10.2. The van der Waals surface area contributed by atoms with Crippen molar-refractivity contribution in [2.24, 2.45) is 0 Å². The maximum atomic E-state index is 12.2. The van der Waals surface area contributed by atoms with Gasteiger partial charge in [-0.15, -0.1) is 0 Å². The van der Waals surface area contributed by atoms with Crippen molar-refractivity contribution in [1.82, 2.24) is 0 Å². The van der Waals surface area contributed by atoms with E-state index in [1.165, 1.54) is 0 Å². The molecule has 0 spiro atoms. The number of fused-ring (bicyclic) bond motifs is 3. The molecule has 0 fully saturated rings. The van der Waals surface area contributed by atoms with Crippen molar-refractivity contribution in [3.05, 3.63) is 94.3 Å². The second kappa shape index (κ2) is 8.11. The number of rotatable bonds is 5. The Bertz CT molecular complexity index is 1300. The molecule has 4 aromatic rings. The lowest BCUT2D eigenvalue weighted by molar-refractivity contribution is -0.136. The number of carbonyl (C=O) groups is 1. The highest BCUT2D eigenvalue weighted by atomic mass is 16.6. The number of ether oxygens (including phenoxy) is 2. The molecule has 31 heavy (non-hydrogen) atoms. The Morgan fingerprint density at radius 2 is 1.55 bits per heavy atom. The van der Waals surface area contributed by atoms with E-state index in [4.69, 9.17) is 13.9 Å². The van der Waals surface area contributed by atoms with E-state index < -0.39 is 5.97 Å². The van der Waals surface area contributed by atoms with Crippen molar-refractivity contribution in [3.63, 3.8) is 0 Å². The third-order valence-electron chi connectivity index (χ3n) is 5.49. The summed E-state index contributed by atoms with van der Waals surface area (Å²) in [4.78, 5) is 24.4. The van der Waals surface area contributed by atoms with Crippen molar-refractivity contribution in [2.45, 2.75) is 19.3 Å². The van der Waals surface area contributed by atoms with Gasteiger partial charge >= 0.3 is 11.6 Å². The lowest BCUT2D eigenvalue weighted by Crippen LogP contribution is -2.17. The van der Waals surface area contributed by atoms with Gasteiger partial charge in [0.25, 0.3) is 0 Å². The van der Waals surface area contributed by atoms with Crippen LogP contribution in [0.2, 0.25) is 0 Å². The van der Waals surface area contributed by atoms with Crippen LogP contribution in [0.3, 0.4) is 0 Å². The Balaban J connectivity index is 1.24. The van der Waals surface area contributed by atoms with Crippen molar-refractivity contribution in [2.75, 3.05) is 6.61 Å². The summed E-state index contributed by atoms with van der Waals surface area (Å²) in [6, 6.07) is 22.7. The van der Waals surface area contributed by atoms with Gasteiger partial charge in [-0.25, -0.2) is 9.59 Å².